The molecule has 0 spiro atoms. The first kappa shape index (κ1) is 89.1. The number of phosphoric acid groups is 2. The van der Waals surface area contributed by atoms with Crippen molar-refractivity contribution in [2.24, 2.45) is 23.7 Å². The van der Waals surface area contributed by atoms with E-state index >= 15 is 0 Å². The summed E-state index contributed by atoms with van der Waals surface area (Å²) in [6.45, 7) is 14.1. The van der Waals surface area contributed by atoms with E-state index in [9.17, 15) is 43.2 Å². The number of aliphatic hydroxyl groups excluding tert-OH is 1. The lowest BCUT2D eigenvalue weighted by Gasteiger charge is -2.21. The van der Waals surface area contributed by atoms with E-state index in [1.165, 1.54) is 154 Å². The molecule has 0 aliphatic rings. The summed E-state index contributed by atoms with van der Waals surface area (Å²) in [5.74, 6) is 0.819. The van der Waals surface area contributed by atoms with Gasteiger partial charge in [0.25, 0.3) is 0 Å². The Hall–Kier alpha value is -1.94. The maximum atomic E-state index is 13.0. The molecular formula is C72H140O17P2. The Labute approximate surface area is 556 Å². The van der Waals surface area contributed by atoms with Gasteiger partial charge in [0, 0.05) is 25.7 Å². The Bertz CT molecular complexity index is 1800. The molecule has 0 heterocycles. The third kappa shape index (κ3) is 66.5. The lowest BCUT2D eigenvalue weighted by Crippen LogP contribution is -2.30. The number of hydrogen-bond donors (Lipinski definition) is 3. The number of unbranched alkanes of at least 4 members (excludes halogenated alkanes) is 35. The minimum absolute atomic E-state index is 0.103. The van der Waals surface area contributed by atoms with Crippen LogP contribution < -0.4 is 0 Å². The van der Waals surface area contributed by atoms with E-state index in [1.54, 1.807) is 0 Å². The van der Waals surface area contributed by atoms with Crippen molar-refractivity contribution in [3.63, 3.8) is 0 Å². The number of rotatable bonds is 69. The summed E-state index contributed by atoms with van der Waals surface area (Å²) in [5, 5.41) is 10.6. The van der Waals surface area contributed by atoms with Crippen molar-refractivity contribution in [2.75, 3.05) is 39.6 Å². The standard InChI is InChI=1S/C72H140O17P2/c1-62(2)48-40-32-24-18-15-13-11-9-10-12-14-16-20-28-36-44-52-69(74)82-58-68(89-72(77)55-47-39-31-23-27-35-43-51-65(7)8)61-87-91(80,81)85-57-66(73)56-84-90(78,79)86-60-67(59-83-70(75)53-45-37-30-22-26-34-42-50-64(5)6)88-71(76)54-46-38-29-21-17-19-25-33-41-49-63(3)4/h62-68,73H,9-61H2,1-8H3,(H,78,79)(H,80,81)/t66?,67-,68-/m1/s1. The van der Waals surface area contributed by atoms with Gasteiger partial charge in [-0.1, -0.05) is 306 Å². The highest BCUT2D eigenvalue weighted by Gasteiger charge is 2.30. The molecule has 0 aromatic rings. The smallest absolute Gasteiger partial charge is 0.462 e. The second-order valence-corrected chi connectivity index (χ2v) is 30.8. The number of carbonyl (C=O) groups is 4. The van der Waals surface area contributed by atoms with Crippen molar-refractivity contribution in [3.05, 3.63) is 0 Å². The maximum Gasteiger partial charge on any atom is 0.472 e. The van der Waals surface area contributed by atoms with Crippen LogP contribution in [0.2, 0.25) is 0 Å². The molecule has 5 atom stereocenters. The molecule has 0 saturated heterocycles. The Morgan fingerprint density at radius 2 is 0.462 bits per heavy atom. The highest BCUT2D eigenvalue weighted by Crippen LogP contribution is 2.45. The number of esters is 4. The van der Waals surface area contributed by atoms with Gasteiger partial charge < -0.3 is 33.8 Å². The zero-order valence-corrected chi connectivity index (χ0v) is 61.3. The third-order valence-corrected chi connectivity index (χ3v) is 18.5. The fourth-order valence-corrected chi connectivity index (χ4v) is 12.4. The first-order chi connectivity index (χ1) is 43.6. The summed E-state index contributed by atoms with van der Waals surface area (Å²) in [6, 6.07) is 0. The Morgan fingerprint density at radius 3 is 0.681 bits per heavy atom. The van der Waals surface area contributed by atoms with E-state index in [-0.39, 0.29) is 25.7 Å². The van der Waals surface area contributed by atoms with Crippen LogP contribution in [-0.2, 0) is 65.4 Å². The molecule has 3 unspecified atom stereocenters. The molecule has 0 aromatic carbocycles. The van der Waals surface area contributed by atoms with Crippen molar-refractivity contribution in [3.8, 4) is 0 Å². The predicted octanol–water partition coefficient (Wildman–Crippen LogP) is 20.5. The maximum absolute atomic E-state index is 13.0. The van der Waals surface area contributed by atoms with Gasteiger partial charge in [0.2, 0.25) is 0 Å². The summed E-state index contributed by atoms with van der Waals surface area (Å²) < 4.78 is 68.3. The van der Waals surface area contributed by atoms with Crippen LogP contribution in [0, 0.1) is 23.7 Å². The van der Waals surface area contributed by atoms with Gasteiger partial charge in [0.05, 0.1) is 26.4 Å². The summed E-state index contributed by atoms with van der Waals surface area (Å²) in [7, 11) is -9.90. The lowest BCUT2D eigenvalue weighted by atomic mass is 10.0. The fourth-order valence-electron chi connectivity index (χ4n) is 10.8. The molecule has 0 saturated carbocycles. The fraction of sp³-hybridized carbons (Fsp3) is 0.944. The summed E-state index contributed by atoms with van der Waals surface area (Å²) in [6.07, 6.45) is 44.7. The van der Waals surface area contributed by atoms with Gasteiger partial charge in [-0.3, -0.25) is 37.3 Å². The van der Waals surface area contributed by atoms with Gasteiger partial charge in [0.15, 0.2) is 12.2 Å². The zero-order valence-electron chi connectivity index (χ0n) is 59.5. The molecule has 19 heteroatoms. The second kappa shape index (κ2) is 61.6. The van der Waals surface area contributed by atoms with Crippen molar-refractivity contribution >= 4 is 39.5 Å². The van der Waals surface area contributed by atoms with E-state index in [2.05, 4.69) is 55.4 Å². The number of ether oxygens (including phenoxy) is 4. The van der Waals surface area contributed by atoms with Crippen molar-refractivity contribution in [1.82, 2.24) is 0 Å². The van der Waals surface area contributed by atoms with E-state index in [0.717, 1.165) is 108 Å². The van der Waals surface area contributed by atoms with E-state index < -0.39 is 97.5 Å². The summed E-state index contributed by atoms with van der Waals surface area (Å²) in [4.78, 5) is 72.5. The molecule has 0 radical (unpaired) electrons. The third-order valence-electron chi connectivity index (χ3n) is 16.6. The predicted molar refractivity (Wildman–Crippen MR) is 367 cm³/mol. The van der Waals surface area contributed by atoms with Gasteiger partial charge in [-0.15, -0.1) is 0 Å². The van der Waals surface area contributed by atoms with E-state index in [4.69, 9.17) is 37.0 Å². The Morgan fingerprint density at radius 1 is 0.275 bits per heavy atom. The topological polar surface area (TPSA) is 237 Å². The van der Waals surface area contributed by atoms with Crippen molar-refractivity contribution < 1.29 is 80.2 Å². The average Bonchev–Trinajstić information content (AvgIpc) is 3.57. The van der Waals surface area contributed by atoms with Crippen LogP contribution in [-0.4, -0.2) is 96.7 Å². The summed E-state index contributed by atoms with van der Waals surface area (Å²) in [5.41, 5.74) is 0. The van der Waals surface area contributed by atoms with E-state index in [0.29, 0.717) is 37.5 Å². The molecule has 0 fully saturated rings. The van der Waals surface area contributed by atoms with E-state index in [1.807, 2.05) is 0 Å². The summed E-state index contributed by atoms with van der Waals surface area (Å²) >= 11 is 0. The highest BCUT2D eigenvalue weighted by molar-refractivity contribution is 7.47. The van der Waals surface area contributed by atoms with Crippen molar-refractivity contribution in [2.45, 2.75) is 375 Å². The quantitative estimate of drug-likeness (QED) is 0.0222. The van der Waals surface area contributed by atoms with Crippen LogP contribution in [0.1, 0.15) is 357 Å². The largest absolute Gasteiger partial charge is 0.472 e. The van der Waals surface area contributed by atoms with Gasteiger partial charge in [-0.2, -0.15) is 0 Å². The average molecular weight is 1340 g/mol. The molecular weight excluding hydrogens is 1200 g/mol. The minimum Gasteiger partial charge on any atom is -0.462 e. The van der Waals surface area contributed by atoms with Crippen LogP contribution in [0.25, 0.3) is 0 Å². The monoisotopic (exact) mass is 1340 g/mol. The molecule has 0 rings (SSSR count). The molecule has 0 aromatic heterocycles. The first-order valence-corrected chi connectivity index (χ1v) is 40.2. The molecule has 0 bridgehead atoms. The molecule has 0 aliphatic carbocycles. The number of hydrogen-bond acceptors (Lipinski definition) is 15. The van der Waals surface area contributed by atoms with Gasteiger partial charge in [0.1, 0.15) is 19.3 Å². The Kier molecular flexibility index (Phi) is 60.3. The van der Waals surface area contributed by atoms with Crippen LogP contribution in [0.3, 0.4) is 0 Å². The number of aliphatic hydroxyl groups is 1. The lowest BCUT2D eigenvalue weighted by molar-refractivity contribution is -0.161. The molecule has 17 nitrogen and oxygen atoms in total. The van der Waals surface area contributed by atoms with Crippen LogP contribution in [0.15, 0.2) is 0 Å². The van der Waals surface area contributed by atoms with Gasteiger partial charge >= 0.3 is 39.5 Å². The van der Waals surface area contributed by atoms with Crippen LogP contribution >= 0.6 is 15.6 Å². The van der Waals surface area contributed by atoms with Crippen LogP contribution in [0.4, 0.5) is 0 Å². The normalized spacial score (nSPS) is 14.2. The zero-order chi connectivity index (χ0) is 67.5. The molecule has 540 valence electrons. The SMILES string of the molecule is CC(C)CCCCCCCCCCCCCCCCCCC(=O)OC[C@H](COP(=O)(O)OCC(O)COP(=O)(O)OC[C@@H](COC(=O)CCCCCCCCCC(C)C)OC(=O)CCCCCCCCCCCC(C)C)OC(=O)CCCCCCCCCC(C)C. The molecule has 0 aliphatic heterocycles. The Balaban J connectivity index is 5.17. The minimum atomic E-state index is -4.95. The first-order valence-electron chi connectivity index (χ1n) is 37.2. The van der Waals surface area contributed by atoms with Gasteiger partial charge in [-0.25, -0.2) is 9.13 Å². The van der Waals surface area contributed by atoms with Gasteiger partial charge in [-0.05, 0) is 49.4 Å². The molecule has 3 N–H and O–H groups in total. The van der Waals surface area contributed by atoms with Crippen molar-refractivity contribution in [1.29, 1.82) is 0 Å². The molecule has 0 amide bonds. The molecule has 91 heavy (non-hydrogen) atoms. The second-order valence-electron chi connectivity index (χ2n) is 27.9. The highest BCUT2D eigenvalue weighted by atomic mass is 31.2. The number of phosphoric ester groups is 2. The number of carbonyl (C=O) groups excluding carboxylic acids is 4. The van der Waals surface area contributed by atoms with Crippen LogP contribution in [0.5, 0.6) is 0 Å².